The van der Waals surface area contributed by atoms with Gasteiger partial charge in [0.1, 0.15) is 5.75 Å². The van der Waals surface area contributed by atoms with Crippen LogP contribution < -0.4 is 10.5 Å². The van der Waals surface area contributed by atoms with Gasteiger partial charge in [-0.3, -0.25) is 15.1 Å². The van der Waals surface area contributed by atoms with E-state index in [1.807, 2.05) is 6.92 Å². The number of aromatic nitrogens is 1. The number of nitrogens with two attached hydrogens (primary N) is 1. The van der Waals surface area contributed by atoms with Gasteiger partial charge in [-0.25, -0.2) is 0 Å². The first-order valence-electron chi connectivity index (χ1n) is 5.88. The van der Waals surface area contributed by atoms with Crippen LogP contribution in [0.4, 0.5) is 5.69 Å². The predicted octanol–water partition coefficient (Wildman–Crippen LogP) is 2.19. The number of ether oxygens (including phenoxy) is 1. The van der Waals surface area contributed by atoms with Crippen LogP contribution in [0.15, 0.2) is 41.7 Å². The molecule has 0 atom stereocenters. The molecule has 8 nitrogen and oxygen atoms in total. The number of rotatable bonds is 4. The Morgan fingerprint density at radius 3 is 2.76 bits per heavy atom. The van der Waals surface area contributed by atoms with Crippen molar-refractivity contribution < 1.29 is 14.9 Å². The number of nitro benzene ring substituents is 1. The largest absolute Gasteiger partial charge is 0.449 e. The minimum absolute atomic E-state index is 0.0418. The lowest BCUT2D eigenvalue weighted by Gasteiger charge is -2.07. The third-order valence-electron chi connectivity index (χ3n) is 2.67. The molecule has 2 rings (SSSR count). The lowest BCUT2D eigenvalue weighted by Crippen LogP contribution is -2.13. The Balaban J connectivity index is 2.39. The zero-order chi connectivity index (χ0) is 15.4. The number of hydrogen-bond donors (Lipinski definition) is 2. The molecule has 3 N–H and O–H groups in total. The third-order valence-corrected chi connectivity index (χ3v) is 2.67. The first-order chi connectivity index (χ1) is 10.0. The SMILES string of the molecule is Cc1ccc(Oc2ccc(C(N)=NO)cc2[N+](=O)[O-])cn1. The molecule has 0 saturated carbocycles. The van der Waals surface area contributed by atoms with Crippen molar-refractivity contribution >= 4 is 11.5 Å². The maximum Gasteiger partial charge on any atom is 0.312 e. The first kappa shape index (κ1) is 14.3. The van der Waals surface area contributed by atoms with Crippen LogP contribution in [0.5, 0.6) is 11.5 Å². The van der Waals surface area contributed by atoms with Gasteiger partial charge in [0.2, 0.25) is 5.75 Å². The highest BCUT2D eigenvalue weighted by Crippen LogP contribution is 2.31. The van der Waals surface area contributed by atoms with Crippen LogP contribution in [0.1, 0.15) is 11.3 Å². The molecule has 8 heteroatoms. The van der Waals surface area contributed by atoms with Crippen LogP contribution in [0.3, 0.4) is 0 Å². The van der Waals surface area contributed by atoms with Crippen molar-refractivity contribution in [1.29, 1.82) is 0 Å². The molecule has 0 amide bonds. The Kier molecular flexibility index (Phi) is 3.98. The van der Waals surface area contributed by atoms with E-state index in [1.54, 1.807) is 12.1 Å². The summed E-state index contributed by atoms with van der Waals surface area (Å²) in [5, 5.41) is 22.5. The van der Waals surface area contributed by atoms with Gasteiger partial charge in [0.25, 0.3) is 0 Å². The molecule has 0 spiro atoms. The van der Waals surface area contributed by atoms with Gasteiger partial charge in [-0.05, 0) is 31.2 Å². The van der Waals surface area contributed by atoms with Gasteiger partial charge in [-0.15, -0.1) is 0 Å². The quantitative estimate of drug-likeness (QED) is 0.292. The summed E-state index contributed by atoms with van der Waals surface area (Å²) in [6.45, 7) is 1.82. The van der Waals surface area contributed by atoms with Crippen LogP contribution in [-0.4, -0.2) is 21.0 Å². The van der Waals surface area contributed by atoms with Gasteiger partial charge in [0.05, 0.1) is 11.1 Å². The minimum atomic E-state index is -0.606. The molecule has 108 valence electrons. The Morgan fingerprint density at radius 1 is 1.43 bits per heavy atom. The fourth-order valence-corrected chi connectivity index (χ4v) is 1.60. The molecular formula is C13H12N4O4. The number of amidine groups is 1. The fraction of sp³-hybridized carbons (Fsp3) is 0.0769. The van der Waals surface area contributed by atoms with E-state index in [-0.39, 0.29) is 22.8 Å². The minimum Gasteiger partial charge on any atom is -0.449 e. The Morgan fingerprint density at radius 2 is 2.19 bits per heavy atom. The summed E-state index contributed by atoms with van der Waals surface area (Å²) in [6.07, 6.45) is 1.47. The van der Waals surface area contributed by atoms with Crippen molar-refractivity contribution in [2.45, 2.75) is 6.92 Å². The second-order valence-electron chi connectivity index (χ2n) is 4.16. The van der Waals surface area contributed by atoms with Gasteiger partial charge in [-0.1, -0.05) is 5.16 Å². The summed E-state index contributed by atoms with van der Waals surface area (Å²) in [7, 11) is 0. The molecule has 1 heterocycles. The molecule has 0 bridgehead atoms. The van der Waals surface area contributed by atoms with E-state index in [4.69, 9.17) is 15.7 Å². The summed E-state index contributed by atoms with van der Waals surface area (Å²) in [4.78, 5) is 14.5. The molecule has 0 aliphatic heterocycles. The molecule has 0 aliphatic carbocycles. The zero-order valence-corrected chi connectivity index (χ0v) is 11.1. The highest BCUT2D eigenvalue weighted by molar-refractivity contribution is 5.97. The number of benzene rings is 1. The van der Waals surface area contributed by atoms with Crippen molar-refractivity contribution in [2.24, 2.45) is 10.9 Å². The highest BCUT2D eigenvalue weighted by Gasteiger charge is 2.18. The standard InChI is InChI=1S/C13H12N4O4/c1-8-2-4-10(7-15-8)21-12-5-3-9(13(14)16-18)6-11(12)17(19)20/h2-7,18H,1H3,(H2,14,16). The number of oxime groups is 1. The van der Waals surface area contributed by atoms with E-state index in [2.05, 4.69) is 10.1 Å². The third kappa shape index (κ3) is 3.24. The van der Waals surface area contributed by atoms with Gasteiger partial charge < -0.3 is 15.7 Å². The number of nitrogens with zero attached hydrogens (tertiary/aromatic N) is 3. The monoisotopic (exact) mass is 288 g/mol. The maximum absolute atomic E-state index is 11.1. The smallest absolute Gasteiger partial charge is 0.312 e. The van der Waals surface area contributed by atoms with Gasteiger partial charge in [0.15, 0.2) is 5.84 Å². The van der Waals surface area contributed by atoms with Gasteiger partial charge >= 0.3 is 5.69 Å². The Labute approximate surface area is 119 Å². The summed E-state index contributed by atoms with van der Waals surface area (Å²) in [5.41, 5.74) is 6.14. The van der Waals surface area contributed by atoms with Gasteiger partial charge in [-0.2, -0.15) is 0 Å². The maximum atomic E-state index is 11.1. The van der Waals surface area contributed by atoms with Gasteiger partial charge in [0, 0.05) is 17.3 Å². The molecule has 1 aromatic carbocycles. The first-order valence-corrected chi connectivity index (χ1v) is 5.88. The number of nitro groups is 1. The number of pyridine rings is 1. The molecular weight excluding hydrogens is 276 g/mol. The van der Waals surface area contributed by atoms with E-state index < -0.39 is 4.92 Å². The topological polar surface area (TPSA) is 124 Å². The Bertz CT molecular complexity index is 698. The predicted molar refractivity (Wildman–Crippen MR) is 74.7 cm³/mol. The van der Waals surface area contributed by atoms with E-state index >= 15 is 0 Å². The van der Waals surface area contributed by atoms with Crippen LogP contribution in [0.2, 0.25) is 0 Å². The average molecular weight is 288 g/mol. The van der Waals surface area contributed by atoms with E-state index in [0.717, 1.165) is 5.69 Å². The Hall–Kier alpha value is -3.16. The van der Waals surface area contributed by atoms with Crippen LogP contribution >= 0.6 is 0 Å². The summed E-state index contributed by atoms with van der Waals surface area (Å²) in [6, 6.07) is 7.39. The van der Waals surface area contributed by atoms with E-state index in [0.29, 0.717) is 5.75 Å². The van der Waals surface area contributed by atoms with Crippen molar-refractivity contribution in [3.63, 3.8) is 0 Å². The second-order valence-corrected chi connectivity index (χ2v) is 4.16. The highest BCUT2D eigenvalue weighted by atomic mass is 16.6. The van der Waals surface area contributed by atoms with E-state index in [1.165, 1.54) is 24.4 Å². The average Bonchev–Trinajstić information content (AvgIpc) is 2.49. The molecule has 0 aliphatic rings. The fourth-order valence-electron chi connectivity index (χ4n) is 1.60. The lowest BCUT2D eigenvalue weighted by molar-refractivity contribution is -0.385. The van der Waals surface area contributed by atoms with Crippen molar-refractivity contribution in [3.05, 3.63) is 57.9 Å². The normalized spacial score (nSPS) is 11.2. The number of hydrogen-bond acceptors (Lipinski definition) is 6. The van der Waals surface area contributed by atoms with Crippen molar-refractivity contribution in [3.8, 4) is 11.5 Å². The number of aryl methyl sites for hydroxylation is 1. The molecule has 1 aromatic heterocycles. The van der Waals surface area contributed by atoms with Crippen LogP contribution in [0, 0.1) is 17.0 Å². The molecule has 0 fully saturated rings. The van der Waals surface area contributed by atoms with Crippen LogP contribution in [0.25, 0.3) is 0 Å². The van der Waals surface area contributed by atoms with E-state index in [9.17, 15) is 10.1 Å². The summed E-state index contributed by atoms with van der Waals surface area (Å²) < 4.78 is 5.45. The molecule has 0 radical (unpaired) electrons. The molecule has 0 saturated heterocycles. The molecule has 21 heavy (non-hydrogen) atoms. The summed E-state index contributed by atoms with van der Waals surface area (Å²) >= 11 is 0. The molecule has 2 aromatic rings. The zero-order valence-electron chi connectivity index (χ0n) is 11.1. The lowest BCUT2D eigenvalue weighted by atomic mass is 10.1. The van der Waals surface area contributed by atoms with Crippen molar-refractivity contribution in [2.75, 3.05) is 0 Å². The van der Waals surface area contributed by atoms with Crippen LogP contribution in [-0.2, 0) is 0 Å². The molecule has 0 unspecified atom stereocenters. The van der Waals surface area contributed by atoms with Crippen molar-refractivity contribution in [1.82, 2.24) is 4.98 Å². The summed E-state index contributed by atoms with van der Waals surface area (Å²) in [5.74, 6) is 0.196. The second kappa shape index (κ2) is 5.87.